The summed E-state index contributed by atoms with van der Waals surface area (Å²) in [6.45, 7) is 0. The summed E-state index contributed by atoms with van der Waals surface area (Å²) in [5.74, 6) is 1.39. The lowest BCUT2D eigenvalue weighted by Crippen LogP contribution is -2.17. The van der Waals surface area contributed by atoms with Crippen molar-refractivity contribution >= 4 is 11.3 Å². The maximum Gasteiger partial charge on any atom is 0.183 e. The zero-order chi connectivity index (χ0) is 17.1. The monoisotopic (exact) mass is 354 g/mol. The molecule has 3 aromatic rings. The highest BCUT2D eigenvalue weighted by molar-refractivity contribution is 7.07. The van der Waals surface area contributed by atoms with E-state index in [1.807, 2.05) is 41.2 Å². The molecule has 0 amide bonds. The second kappa shape index (κ2) is 7.45. The Kier molecular flexibility index (Phi) is 4.90. The van der Waals surface area contributed by atoms with Gasteiger partial charge in [0.05, 0.1) is 23.7 Å². The normalized spacial score (nSPS) is 16.8. The van der Waals surface area contributed by atoms with Crippen molar-refractivity contribution in [2.75, 3.05) is 0 Å². The van der Waals surface area contributed by atoms with Crippen LogP contribution < -0.4 is 0 Å². The quantitative estimate of drug-likeness (QED) is 0.754. The number of aliphatic hydroxyl groups excluding tert-OH is 1. The van der Waals surface area contributed by atoms with Crippen LogP contribution in [0, 0.1) is 0 Å². The van der Waals surface area contributed by atoms with Crippen molar-refractivity contribution in [1.82, 2.24) is 19.7 Å². The molecule has 1 saturated carbocycles. The molecular weight excluding hydrogens is 332 g/mol. The second-order valence-electron chi connectivity index (χ2n) is 6.59. The van der Waals surface area contributed by atoms with E-state index in [4.69, 9.17) is 10.1 Å². The van der Waals surface area contributed by atoms with E-state index >= 15 is 0 Å². The first-order valence-electron chi connectivity index (χ1n) is 8.86. The van der Waals surface area contributed by atoms with E-state index in [0.717, 1.165) is 29.9 Å². The van der Waals surface area contributed by atoms with Crippen LogP contribution in [0.1, 0.15) is 67.2 Å². The molecule has 1 unspecified atom stereocenters. The van der Waals surface area contributed by atoms with Crippen molar-refractivity contribution in [2.24, 2.45) is 0 Å². The molecule has 130 valence electrons. The molecular formula is C19H22N4OS. The number of hydrogen-bond donors (Lipinski definition) is 1. The van der Waals surface area contributed by atoms with E-state index in [2.05, 4.69) is 9.67 Å². The molecule has 0 bridgehead atoms. The van der Waals surface area contributed by atoms with E-state index in [-0.39, 0.29) is 0 Å². The summed E-state index contributed by atoms with van der Waals surface area (Å²) in [6, 6.07) is 9.99. The van der Waals surface area contributed by atoms with E-state index in [0.29, 0.717) is 18.3 Å². The standard InChI is InChI=1S/C19H22N4OS/c24-18(14-7-3-1-4-8-14)19-21-17(11-15-12-25-13-20-15)23(22-19)16-9-5-2-6-10-16/h1,3-4,7-8,12-13,16,18,24H,2,5-6,9-11H2. The predicted octanol–water partition coefficient (Wildman–Crippen LogP) is 3.91. The maximum atomic E-state index is 10.7. The fourth-order valence-corrected chi connectivity index (χ4v) is 4.06. The van der Waals surface area contributed by atoms with Gasteiger partial charge in [-0.1, -0.05) is 49.6 Å². The third kappa shape index (κ3) is 3.65. The van der Waals surface area contributed by atoms with Gasteiger partial charge in [0.25, 0.3) is 0 Å². The lowest BCUT2D eigenvalue weighted by atomic mass is 9.95. The van der Waals surface area contributed by atoms with Crippen molar-refractivity contribution in [3.05, 3.63) is 64.1 Å². The van der Waals surface area contributed by atoms with E-state index in [1.165, 1.54) is 19.3 Å². The van der Waals surface area contributed by atoms with Gasteiger partial charge in [-0.05, 0) is 18.4 Å². The summed E-state index contributed by atoms with van der Waals surface area (Å²) in [6.07, 6.45) is 5.90. The summed E-state index contributed by atoms with van der Waals surface area (Å²) < 4.78 is 2.06. The molecule has 2 aromatic heterocycles. The Labute approximate surface area is 151 Å². The van der Waals surface area contributed by atoms with Crippen LogP contribution in [0.5, 0.6) is 0 Å². The Balaban J connectivity index is 1.67. The molecule has 1 fully saturated rings. The van der Waals surface area contributed by atoms with Crippen molar-refractivity contribution < 1.29 is 5.11 Å². The van der Waals surface area contributed by atoms with Crippen molar-refractivity contribution in [3.8, 4) is 0 Å². The Bertz CT molecular complexity index is 794. The third-order valence-corrected chi connectivity index (χ3v) is 5.46. The van der Waals surface area contributed by atoms with Crippen LogP contribution in [0.25, 0.3) is 0 Å². The van der Waals surface area contributed by atoms with Gasteiger partial charge in [0.1, 0.15) is 11.9 Å². The molecule has 2 heterocycles. The summed E-state index contributed by atoms with van der Waals surface area (Å²) in [5, 5.41) is 17.5. The average molecular weight is 354 g/mol. The Morgan fingerprint density at radius 2 is 1.96 bits per heavy atom. The smallest absolute Gasteiger partial charge is 0.183 e. The number of rotatable bonds is 5. The molecule has 0 radical (unpaired) electrons. The van der Waals surface area contributed by atoms with Gasteiger partial charge in [-0.2, -0.15) is 5.10 Å². The zero-order valence-corrected chi connectivity index (χ0v) is 14.9. The topological polar surface area (TPSA) is 63.8 Å². The number of benzene rings is 1. The predicted molar refractivity (Wildman–Crippen MR) is 97.6 cm³/mol. The molecule has 1 N–H and O–H groups in total. The van der Waals surface area contributed by atoms with E-state index in [9.17, 15) is 5.11 Å². The minimum absolute atomic E-state index is 0.381. The zero-order valence-electron chi connectivity index (χ0n) is 14.1. The molecule has 4 rings (SSSR count). The van der Waals surface area contributed by atoms with Crippen molar-refractivity contribution in [1.29, 1.82) is 0 Å². The lowest BCUT2D eigenvalue weighted by molar-refractivity contribution is 0.208. The van der Waals surface area contributed by atoms with Crippen LogP contribution in [0.3, 0.4) is 0 Å². The average Bonchev–Trinajstić information content (AvgIpc) is 3.33. The van der Waals surface area contributed by atoms with Gasteiger partial charge in [0.15, 0.2) is 5.82 Å². The van der Waals surface area contributed by atoms with Gasteiger partial charge >= 0.3 is 0 Å². The Hall–Kier alpha value is -2.05. The van der Waals surface area contributed by atoms with Gasteiger partial charge in [-0.25, -0.2) is 14.6 Å². The number of thiazole rings is 1. The number of nitrogens with zero attached hydrogens (tertiary/aromatic N) is 4. The molecule has 1 atom stereocenters. The summed E-state index contributed by atoms with van der Waals surface area (Å²) >= 11 is 1.59. The first-order valence-corrected chi connectivity index (χ1v) is 9.81. The Morgan fingerprint density at radius 1 is 1.16 bits per heavy atom. The summed E-state index contributed by atoms with van der Waals surface area (Å²) in [7, 11) is 0. The fraction of sp³-hybridized carbons (Fsp3) is 0.421. The van der Waals surface area contributed by atoms with Crippen LogP contribution in [0.15, 0.2) is 41.2 Å². The van der Waals surface area contributed by atoms with Gasteiger partial charge in [-0.3, -0.25) is 0 Å². The van der Waals surface area contributed by atoms with Crippen LogP contribution in [0.4, 0.5) is 0 Å². The third-order valence-electron chi connectivity index (χ3n) is 4.82. The minimum atomic E-state index is -0.791. The van der Waals surface area contributed by atoms with Crippen LogP contribution >= 0.6 is 11.3 Å². The van der Waals surface area contributed by atoms with Gasteiger partial charge in [0, 0.05) is 5.38 Å². The number of hydrogen-bond acceptors (Lipinski definition) is 5. The highest BCUT2D eigenvalue weighted by Gasteiger charge is 2.24. The van der Waals surface area contributed by atoms with Crippen LogP contribution in [-0.4, -0.2) is 24.9 Å². The lowest BCUT2D eigenvalue weighted by Gasteiger charge is -2.23. The van der Waals surface area contributed by atoms with E-state index < -0.39 is 6.10 Å². The second-order valence-corrected chi connectivity index (χ2v) is 7.31. The van der Waals surface area contributed by atoms with Crippen molar-refractivity contribution in [3.63, 3.8) is 0 Å². The molecule has 1 aromatic carbocycles. The molecule has 1 aliphatic carbocycles. The molecule has 0 aliphatic heterocycles. The molecule has 0 saturated heterocycles. The SMILES string of the molecule is OC(c1ccccc1)c1nc(Cc2cscn2)n(C2CCCCC2)n1. The molecule has 25 heavy (non-hydrogen) atoms. The van der Waals surface area contributed by atoms with Crippen LogP contribution in [0.2, 0.25) is 0 Å². The first-order chi connectivity index (χ1) is 12.3. The van der Waals surface area contributed by atoms with Gasteiger partial charge < -0.3 is 5.11 Å². The van der Waals surface area contributed by atoms with Gasteiger partial charge in [0.2, 0.25) is 0 Å². The molecule has 1 aliphatic rings. The first kappa shape index (κ1) is 16.4. The van der Waals surface area contributed by atoms with Crippen LogP contribution in [-0.2, 0) is 6.42 Å². The molecule has 6 heteroatoms. The Morgan fingerprint density at radius 3 is 2.68 bits per heavy atom. The van der Waals surface area contributed by atoms with Crippen molar-refractivity contribution in [2.45, 2.75) is 50.7 Å². The highest BCUT2D eigenvalue weighted by atomic mass is 32.1. The van der Waals surface area contributed by atoms with E-state index in [1.54, 1.807) is 11.3 Å². The summed E-state index contributed by atoms with van der Waals surface area (Å²) in [5.41, 5.74) is 3.68. The minimum Gasteiger partial charge on any atom is -0.380 e. The maximum absolute atomic E-state index is 10.7. The number of aromatic nitrogens is 4. The number of aliphatic hydroxyl groups is 1. The fourth-order valence-electron chi connectivity index (χ4n) is 3.50. The molecule has 0 spiro atoms. The highest BCUT2D eigenvalue weighted by Crippen LogP contribution is 2.30. The summed E-state index contributed by atoms with van der Waals surface area (Å²) in [4.78, 5) is 9.09. The van der Waals surface area contributed by atoms with Gasteiger partial charge in [-0.15, -0.1) is 11.3 Å². The molecule has 5 nitrogen and oxygen atoms in total. The largest absolute Gasteiger partial charge is 0.380 e.